The van der Waals surface area contributed by atoms with Gasteiger partial charge in [0.2, 0.25) is 6.39 Å². The Hall–Kier alpha value is -3.28. The monoisotopic (exact) mass is 317 g/mol. The molecule has 0 radical (unpaired) electrons. The number of hydrogen-bond acceptors (Lipinski definition) is 6. The number of benzene rings is 2. The summed E-state index contributed by atoms with van der Waals surface area (Å²) in [6.45, 7) is 2.06. The molecule has 0 bridgehead atoms. The van der Waals surface area contributed by atoms with E-state index in [1.807, 2.05) is 30.3 Å². The first-order valence-corrected chi connectivity index (χ1v) is 7.73. The fourth-order valence-corrected chi connectivity index (χ4v) is 2.62. The molecule has 118 valence electrons. The second-order valence-corrected chi connectivity index (χ2v) is 5.32. The number of hydrogen-bond donors (Lipinski definition) is 1. The maximum Gasteiger partial charge on any atom is 0.321 e. The van der Waals surface area contributed by atoms with Crippen molar-refractivity contribution in [1.82, 2.24) is 20.2 Å². The maximum absolute atomic E-state index is 5.13. The van der Waals surface area contributed by atoms with Crippen LogP contribution in [0.15, 0.2) is 59.3 Å². The van der Waals surface area contributed by atoms with Gasteiger partial charge in [-0.1, -0.05) is 54.5 Å². The van der Waals surface area contributed by atoms with Crippen LogP contribution in [-0.4, -0.2) is 20.2 Å². The average Bonchev–Trinajstić information content (AvgIpc) is 3.14. The normalized spacial score (nSPS) is 10.9. The van der Waals surface area contributed by atoms with Gasteiger partial charge in [-0.2, -0.15) is 0 Å². The number of anilines is 2. The van der Waals surface area contributed by atoms with Crippen LogP contribution in [0.5, 0.6) is 0 Å². The molecule has 2 aromatic heterocycles. The largest absolute Gasteiger partial charge is 0.411 e. The van der Waals surface area contributed by atoms with Gasteiger partial charge in [-0.25, -0.2) is 9.97 Å². The Labute approximate surface area is 138 Å². The fourth-order valence-electron chi connectivity index (χ4n) is 2.62. The van der Waals surface area contributed by atoms with E-state index >= 15 is 0 Å². The third-order valence-corrected chi connectivity index (χ3v) is 3.77. The van der Waals surface area contributed by atoms with E-state index in [9.17, 15) is 0 Å². The molecule has 4 aromatic rings. The van der Waals surface area contributed by atoms with Gasteiger partial charge in [-0.05, 0) is 17.2 Å². The molecule has 1 N–H and O–H groups in total. The third kappa shape index (κ3) is 2.69. The van der Waals surface area contributed by atoms with E-state index in [1.165, 1.54) is 6.39 Å². The molecule has 0 saturated carbocycles. The summed E-state index contributed by atoms with van der Waals surface area (Å²) in [7, 11) is 0. The molecule has 0 aliphatic rings. The molecule has 6 nitrogen and oxygen atoms in total. The van der Waals surface area contributed by atoms with Crippen molar-refractivity contribution in [2.24, 2.45) is 0 Å². The summed E-state index contributed by atoms with van der Waals surface area (Å²) >= 11 is 0. The zero-order valence-corrected chi connectivity index (χ0v) is 13.1. The van der Waals surface area contributed by atoms with Gasteiger partial charge in [0.15, 0.2) is 5.82 Å². The fraction of sp³-hybridized carbons (Fsp3) is 0.111. The summed E-state index contributed by atoms with van der Waals surface area (Å²) < 4.78 is 5.13. The molecule has 0 aliphatic heterocycles. The first-order chi connectivity index (χ1) is 11.8. The highest BCUT2D eigenvalue weighted by molar-refractivity contribution is 5.95. The molecule has 0 aliphatic carbocycles. The lowest BCUT2D eigenvalue weighted by Crippen LogP contribution is -2.01. The summed E-state index contributed by atoms with van der Waals surface area (Å²) in [4.78, 5) is 9.31. The molecular formula is C18H15N5O. The highest BCUT2D eigenvalue weighted by atomic mass is 16.4. The molecule has 0 fully saturated rings. The molecule has 4 rings (SSSR count). The van der Waals surface area contributed by atoms with Gasteiger partial charge in [0.05, 0.1) is 0 Å². The van der Waals surface area contributed by atoms with Gasteiger partial charge in [-0.3, -0.25) is 5.32 Å². The van der Waals surface area contributed by atoms with Crippen LogP contribution in [0, 0.1) is 0 Å². The summed E-state index contributed by atoms with van der Waals surface area (Å²) in [5.74, 6) is 1.31. The Morgan fingerprint density at radius 1 is 1.04 bits per heavy atom. The van der Waals surface area contributed by atoms with Gasteiger partial charge >= 0.3 is 6.01 Å². The first kappa shape index (κ1) is 14.3. The van der Waals surface area contributed by atoms with Crippen molar-refractivity contribution in [3.8, 4) is 11.4 Å². The predicted molar refractivity (Wildman–Crippen MR) is 91.9 cm³/mol. The van der Waals surface area contributed by atoms with E-state index in [0.29, 0.717) is 17.7 Å². The van der Waals surface area contributed by atoms with Gasteiger partial charge in [0.1, 0.15) is 5.82 Å². The number of aryl methyl sites for hydroxylation is 1. The van der Waals surface area contributed by atoms with E-state index in [-0.39, 0.29) is 0 Å². The SMILES string of the molecule is CCc1cc(Nc2nnco2)nc(-c2cccc3ccccc23)n1. The average molecular weight is 317 g/mol. The maximum atomic E-state index is 5.13. The van der Waals surface area contributed by atoms with Crippen molar-refractivity contribution in [2.45, 2.75) is 13.3 Å². The summed E-state index contributed by atoms with van der Waals surface area (Å²) in [6, 6.07) is 16.5. The number of nitrogens with one attached hydrogen (secondary N) is 1. The summed E-state index contributed by atoms with van der Waals surface area (Å²) in [6.07, 6.45) is 2.08. The topological polar surface area (TPSA) is 76.7 Å². The Bertz CT molecular complexity index is 977. The molecule has 0 saturated heterocycles. The lowest BCUT2D eigenvalue weighted by Gasteiger charge is -2.09. The summed E-state index contributed by atoms with van der Waals surface area (Å²) in [5.41, 5.74) is 1.94. The van der Waals surface area contributed by atoms with E-state index in [2.05, 4.69) is 50.6 Å². The third-order valence-electron chi connectivity index (χ3n) is 3.77. The van der Waals surface area contributed by atoms with Crippen molar-refractivity contribution in [1.29, 1.82) is 0 Å². The number of fused-ring (bicyclic) bond motifs is 1. The highest BCUT2D eigenvalue weighted by Gasteiger charge is 2.10. The minimum absolute atomic E-state index is 0.305. The Kier molecular flexibility index (Phi) is 3.63. The van der Waals surface area contributed by atoms with Gasteiger partial charge in [0, 0.05) is 17.3 Å². The van der Waals surface area contributed by atoms with Gasteiger partial charge < -0.3 is 4.42 Å². The van der Waals surface area contributed by atoms with E-state index in [4.69, 9.17) is 4.42 Å². The van der Waals surface area contributed by atoms with Crippen LogP contribution in [0.25, 0.3) is 22.2 Å². The predicted octanol–water partition coefficient (Wildman–Crippen LogP) is 3.99. The van der Waals surface area contributed by atoms with Gasteiger partial charge in [-0.15, -0.1) is 5.10 Å². The van der Waals surface area contributed by atoms with Crippen molar-refractivity contribution < 1.29 is 4.42 Å². The molecule has 24 heavy (non-hydrogen) atoms. The minimum Gasteiger partial charge on any atom is -0.411 e. The van der Waals surface area contributed by atoms with Crippen molar-refractivity contribution in [3.63, 3.8) is 0 Å². The van der Waals surface area contributed by atoms with E-state index in [0.717, 1.165) is 28.5 Å². The second kappa shape index (κ2) is 6.08. The van der Waals surface area contributed by atoms with Crippen LogP contribution in [0.3, 0.4) is 0 Å². The van der Waals surface area contributed by atoms with Crippen LogP contribution in [0.2, 0.25) is 0 Å². The van der Waals surface area contributed by atoms with Crippen LogP contribution in [-0.2, 0) is 6.42 Å². The van der Waals surface area contributed by atoms with E-state index in [1.54, 1.807) is 0 Å². The summed E-state index contributed by atoms with van der Waals surface area (Å²) in [5, 5.41) is 12.8. The first-order valence-electron chi connectivity index (χ1n) is 7.73. The zero-order valence-electron chi connectivity index (χ0n) is 13.1. The smallest absolute Gasteiger partial charge is 0.321 e. The quantitative estimate of drug-likeness (QED) is 0.613. The molecule has 2 heterocycles. The number of nitrogens with zero attached hydrogens (tertiary/aromatic N) is 4. The van der Waals surface area contributed by atoms with Crippen LogP contribution >= 0.6 is 0 Å². The highest BCUT2D eigenvalue weighted by Crippen LogP contribution is 2.27. The lowest BCUT2D eigenvalue weighted by atomic mass is 10.0. The van der Waals surface area contributed by atoms with Crippen LogP contribution in [0.1, 0.15) is 12.6 Å². The van der Waals surface area contributed by atoms with Crippen LogP contribution < -0.4 is 5.32 Å². The Balaban J connectivity index is 1.84. The molecule has 6 heteroatoms. The van der Waals surface area contributed by atoms with Crippen molar-refractivity contribution in [2.75, 3.05) is 5.32 Å². The van der Waals surface area contributed by atoms with Crippen molar-refractivity contribution >= 4 is 22.6 Å². The molecule has 2 aromatic carbocycles. The molecule has 0 spiro atoms. The zero-order chi connectivity index (χ0) is 16.4. The lowest BCUT2D eigenvalue weighted by molar-refractivity contribution is 0.571. The molecule has 0 unspecified atom stereocenters. The molecule has 0 atom stereocenters. The number of aromatic nitrogens is 4. The Morgan fingerprint density at radius 2 is 1.92 bits per heavy atom. The standard InChI is InChI=1S/C18H15N5O/c1-2-13-10-16(22-18-23-19-11-24-18)21-17(20-13)15-9-5-7-12-6-3-4-8-14(12)15/h3-11H,2H2,1H3,(H,20,21,22,23). The number of rotatable bonds is 4. The molecule has 0 amide bonds. The molecular weight excluding hydrogens is 302 g/mol. The second-order valence-electron chi connectivity index (χ2n) is 5.32. The minimum atomic E-state index is 0.305. The van der Waals surface area contributed by atoms with Crippen molar-refractivity contribution in [3.05, 3.63) is 60.6 Å². The Morgan fingerprint density at radius 3 is 2.75 bits per heavy atom. The van der Waals surface area contributed by atoms with Gasteiger partial charge in [0.25, 0.3) is 0 Å². The van der Waals surface area contributed by atoms with E-state index < -0.39 is 0 Å². The van der Waals surface area contributed by atoms with Crippen LogP contribution in [0.4, 0.5) is 11.8 Å².